The summed E-state index contributed by atoms with van der Waals surface area (Å²) in [6.07, 6.45) is 13.7. The second-order valence-corrected chi connectivity index (χ2v) is 10.5. The van der Waals surface area contributed by atoms with Gasteiger partial charge in [0.05, 0.1) is 6.54 Å². The van der Waals surface area contributed by atoms with Crippen LogP contribution in [-0.4, -0.2) is 61.1 Å². The molecule has 0 aromatic carbocycles. The van der Waals surface area contributed by atoms with Gasteiger partial charge in [0.1, 0.15) is 5.60 Å². The highest BCUT2D eigenvalue weighted by Crippen LogP contribution is 2.35. The molecule has 0 fully saturated rings. The van der Waals surface area contributed by atoms with Gasteiger partial charge in [-0.25, -0.2) is 0 Å². The number of hydrogen-bond acceptors (Lipinski definition) is 4. The summed E-state index contributed by atoms with van der Waals surface area (Å²) in [5, 5.41) is 0. The van der Waals surface area contributed by atoms with Crippen LogP contribution in [0, 0.1) is 17.3 Å². The molecule has 0 saturated carbocycles. The molecule has 2 unspecified atom stereocenters. The minimum atomic E-state index is -0.419. The standard InChI is InChI=1S/C25H42N2O2/c1-20-10-8-9-11-21(20)18-27-15-12-22(13-16-27)25(5,6)14-17-26(7)19-23(28)29-24(2,3)4/h8-12,20-21H,13-19H2,1-7H3. The molecule has 0 bridgehead atoms. The summed E-state index contributed by atoms with van der Waals surface area (Å²) in [5.74, 6) is 1.11. The number of rotatable bonds is 8. The van der Waals surface area contributed by atoms with Crippen LogP contribution in [0.1, 0.15) is 54.4 Å². The van der Waals surface area contributed by atoms with Crippen LogP contribution in [0.3, 0.4) is 0 Å². The molecule has 0 saturated heterocycles. The number of esters is 1. The number of hydrogen-bond donors (Lipinski definition) is 0. The third-order valence-electron chi connectivity index (χ3n) is 6.13. The molecule has 29 heavy (non-hydrogen) atoms. The van der Waals surface area contributed by atoms with Crippen molar-refractivity contribution in [1.82, 2.24) is 9.80 Å². The Morgan fingerprint density at radius 2 is 1.90 bits per heavy atom. The van der Waals surface area contributed by atoms with E-state index in [-0.39, 0.29) is 11.4 Å². The molecule has 0 radical (unpaired) electrons. The van der Waals surface area contributed by atoms with Crippen molar-refractivity contribution < 1.29 is 9.53 Å². The predicted octanol–water partition coefficient (Wildman–Crippen LogP) is 4.69. The summed E-state index contributed by atoms with van der Waals surface area (Å²) in [7, 11) is 2.00. The lowest BCUT2D eigenvalue weighted by Gasteiger charge is -2.37. The minimum absolute atomic E-state index is 0.147. The fraction of sp³-hybridized carbons (Fsp3) is 0.720. The quantitative estimate of drug-likeness (QED) is 0.436. The van der Waals surface area contributed by atoms with Crippen molar-refractivity contribution in [3.8, 4) is 0 Å². The van der Waals surface area contributed by atoms with E-state index in [0.717, 1.165) is 39.0 Å². The molecule has 1 heterocycles. The number of carbonyl (C=O) groups is 1. The van der Waals surface area contributed by atoms with Crippen LogP contribution in [0.25, 0.3) is 0 Å². The third kappa shape index (κ3) is 8.10. The van der Waals surface area contributed by atoms with Gasteiger partial charge < -0.3 is 4.74 Å². The first-order valence-corrected chi connectivity index (χ1v) is 11.1. The van der Waals surface area contributed by atoms with Gasteiger partial charge in [0.2, 0.25) is 0 Å². The normalized spacial score (nSPS) is 23.4. The number of nitrogens with zero attached hydrogens (tertiary/aromatic N) is 2. The highest BCUT2D eigenvalue weighted by atomic mass is 16.6. The van der Waals surface area contributed by atoms with E-state index in [1.54, 1.807) is 5.57 Å². The molecule has 0 aromatic rings. The molecule has 4 heteroatoms. The zero-order valence-electron chi connectivity index (χ0n) is 19.7. The smallest absolute Gasteiger partial charge is 0.320 e. The van der Waals surface area contributed by atoms with Crippen LogP contribution in [-0.2, 0) is 9.53 Å². The largest absolute Gasteiger partial charge is 0.459 e. The van der Waals surface area contributed by atoms with Gasteiger partial charge in [-0.3, -0.25) is 14.6 Å². The summed E-state index contributed by atoms with van der Waals surface area (Å²) >= 11 is 0. The Morgan fingerprint density at radius 1 is 1.21 bits per heavy atom. The molecule has 2 atom stereocenters. The van der Waals surface area contributed by atoms with Gasteiger partial charge in [-0.1, -0.05) is 56.7 Å². The molecule has 2 rings (SSSR count). The van der Waals surface area contributed by atoms with E-state index >= 15 is 0 Å². The van der Waals surface area contributed by atoms with Crippen LogP contribution >= 0.6 is 0 Å². The van der Waals surface area contributed by atoms with Crippen LogP contribution in [0.5, 0.6) is 0 Å². The van der Waals surface area contributed by atoms with E-state index in [4.69, 9.17) is 4.74 Å². The zero-order chi connectivity index (χ0) is 21.7. The monoisotopic (exact) mass is 402 g/mol. The van der Waals surface area contributed by atoms with Gasteiger partial charge in [0, 0.05) is 19.6 Å². The number of allylic oxidation sites excluding steroid dienone is 3. The molecule has 0 aromatic heterocycles. The molecular formula is C25H42N2O2. The fourth-order valence-corrected chi connectivity index (χ4v) is 4.09. The molecule has 0 amide bonds. The molecule has 0 spiro atoms. The molecule has 2 aliphatic rings. The molecule has 4 nitrogen and oxygen atoms in total. The predicted molar refractivity (Wildman–Crippen MR) is 122 cm³/mol. The van der Waals surface area contributed by atoms with Crippen molar-refractivity contribution in [1.29, 1.82) is 0 Å². The number of likely N-dealkylation sites (N-methyl/N-ethyl adjacent to an activating group) is 1. The van der Waals surface area contributed by atoms with E-state index in [0.29, 0.717) is 18.4 Å². The lowest BCUT2D eigenvalue weighted by atomic mass is 9.78. The van der Waals surface area contributed by atoms with Crippen LogP contribution in [0.15, 0.2) is 36.0 Å². The third-order valence-corrected chi connectivity index (χ3v) is 6.13. The van der Waals surface area contributed by atoms with E-state index in [2.05, 4.69) is 61.0 Å². The molecule has 164 valence electrons. The lowest BCUT2D eigenvalue weighted by Crippen LogP contribution is -2.38. The summed E-state index contributed by atoms with van der Waals surface area (Å²) in [4.78, 5) is 16.7. The van der Waals surface area contributed by atoms with Crippen molar-refractivity contribution in [2.45, 2.75) is 60.0 Å². The summed E-state index contributed by atoms with van der Waals surface area (Å²) in [5.41, 5.74) is 1.30. The lowest BCUT2D eigenvalue weighted by molar-refractivity contribution is -0.155. The first kappa shape index (κ1) is 23.9. The summed E-state index contributed by atoms with van der Waals surface area (Å²) in [6.45, 7) is 17.3. The SMILES string of the molecule is CC1C=CC=CC1CN1CC=C(C(C)(C)CCN(C)CC(=O)OC(C)(C)C)CC1. The van der Waals surface area contributed by atoms with Gasteiger partial charge >= 0.3 is 5.97 Å². The van der Waals surface area contributed by atoms with Crippen molar-refractivity contribution in [2.75, 3.05) is 39.8 Å². The highest BCUT2D eigenvalue weighted by molar-refractivity contribution is 5.72. The second-order valence-electron chi connectivity index (χ2n) is 10.5. The van der Waals surface area contributed by atoms with E-state index in [9.17, 15) is 4.79 Å². The molecule has 1 aliphatic carbocycles. The topological polar surface area (TPSA) is 32.8 Å². The molecular weight excluding hydrogens is 360 g/mol. The highest BCUT2D eigenvalue weighted by Gasteiger charge is 2.28. The first-order valence-electron chi connectivity index (χ1n) is 11.1. The van der Waals surface area contributed by atoms with E-state index in [1.165, 1.54) is 0 Å². The van der Waals surface area contributed by atoms with Gasteiger partial charge in [0.15, 0.2) is 0 Å². The van der Waals surface area contributed by atoms with Crippen LogP contribution in [0.2, 0.25) is 0 Å². The van der Waals surface area contributed by atoms with Crippen LogP contribution in [0.4, 0.5) is 0 Å². The van der Waals surface area contributed by atoms with Crippen molar-refractivity contribution in [3.63, 3.8) is 0 Å². The first-order chi connectivity index (χ1) is 13.5. The maximum absolute atomic E-state index is 12.0. The number of ether oxygens (including phenoxy) is 1. The maximum atomic E-state index is 12.0. The summed E-state index contributed by atoms with van der Waals surface area (Å²) in [6, 6.07) is 0. The van der Waals surface area contributed by atoms with Crippen molar-refractivity contribution in [3.05, 3.63) is 36.0 Å². The Kier molecular flexibility index (Phi) is 8.30. The van der Waals surface area contributed by atoms with Gasteiger partial charge in [-0.15, -0.1) is 0 Å². The second kappa shape index (κ2) is 10.1. The fourth-order valence-electron chi connectivity index (χ4n) is 4.09. The van der Waals surface area contributed by atoms with Gasteiger partial charge in [-0.2, -0.15) is 0 Å². The maximum Gasteiger partial charge on any atom is 0.320 e. The van der Waals surface area contributed by atoms with Gasteiger partial charge in [0.25, 0.3) is 0 Å². The number of carbonyl (C=O) groups excluding carboxylic acids is 1. The summed E-state index contributed by atoms with van der Waals surface area (Å²) < 4.78 is 5.43. The van der Waals surface area contributed by atoms with Crippen molar-refractivity contribution in [2.24, 2.45) is 17.3 Å². The Balaban J connectivity index is 1.79. The van der Waals surface area contributed by atoms with Gasteiger partial charge in [-0.05, 0) is 64.5 Å². The Bertz CT molecular complexity index is 640. The van der Waals surface area contributed by atoms with E-state index < -0.39 is 5.60 Å². The average molecular weight is 403 g/mol. The zero-order valence-corrected chi connectivity index (χ0v) is 19.7. The van der Waals surface area contributed by atoms with E-state index in [1.807, 2.05) is 27.8 Å². The Labute approximate surface area is 178 Å². The Hall–Kier alpha value is -1.39. The molecule has 1 aliphatic heterocycles. The molecule has 0 N–H and O–H groups in total. The van der Waals surface area contributed by atoms with Crippen LogP contribution < -0.4 is 0 Å². The minimum Gasteiger partial charge on any atom is -0.459 e. The van der Waals surface area contributed by atoms with Crippen molar-refractivity contribution >= 4 is 5.97 Å². The Morgan fingerprint density at radius 3 is 2.48 bits per heavy atom. The average Bonchev–Trinajstić information content (AvgIpc) is 2.61.